The van der Waals surface area contributed by atoms with Crippen LogP contribution in [0.3, 0.4) is 0 Å². The van der Waals surface area contributed by atoms with Gasteiger partial charge in [0.05, 0.1) is 17.1 Å². The maximum Gasteiger partial charge on any atom is 0.349 e. The highest BCUT2D eigenvalue weighted by atomic mass is 16.3. The van der Waals surface area contributed by atoms with Crippen molar-refractivity contribution in [2.45, 2.75) is 38.8 Å². The van der Waals surface area contributed by atoms with Gasteiger partial charge in [0.1, 0.15) is 0 Å². The summed E-state index contributed by atoms with van der Waals surface area (Å²) in [6, 6.07) is 9.60. The number of H-pyrrole nitrogens is 1. The highest BCUT2D eigenvalue weighted by molar-refractivity contribution is 5.84. The van der Waals surface area contributed by atoms with Gasteiger partial charge in [0.2, 0.25) is 0 Å². The zero-order chi connectivity index (χ0) is 23.4. The summed E-state index contributed by atoms with van der Waals surface area (Å²) in [6.45, 7) is 2.79. The van der Waals surface area contributed by atoms with Crippen molar-refractivity contribution in [3.05, 3.63) is 68.6 Å². The maximum absolute atomic E-state index is 12.4. The molecule has 33 heavy (non-hydrogen) atoms. The number of nitrogens with one attached hydrogen (secondary N) is 2. The molecule has 0 saturated carbocycles. The Labute approximate surface area is 189 Å². The Morgan fingerprint density at radius 3 is 2.79 bits per heavy atom. The van der Waals surface area contributed by atoms with Crippen molar-refractivity contribution in [1.82, 2.24) is 24.5 Å². The largest absolute Gasteiger partial charge is 0.396 e. The third-order valence-corrected chi connectivity index (χ3v) is 5.53. The van der Waals surface area contributed by atoms with E-state index in [2.05, 4.69) is 25.3 Å². The molecule has 4 N–H and O–H groups in total. The molecule has 0 amide bonds. The van der Waals surface area contributed by atoms with Crippen LogP contribution in [0.4, 0.5) is 5.69 Å². The highest BCUT2D eigenvalue weighted by Crippen LogP contribution is 2.27. The van der Waals surface area contributed by atoms with Crippen LogP contribution in [0, 0.1) is 6.92 Å². The van der Waals surface area contributed by atoms with Crippen LogP contribution in [-0.4, -0.2) is 54.0 Å². The van der Waals surface area contributed by atoms with E-state index in [1.54, 1.807) is 10.8 Å². The predicted molar refractivity (Wildman–Crippen MR) is 125 cm³/mol. The Hall–Kier alpha value is -3.63. The van der Waals surface area contributed by atoms with E-state index >= 15 is 0 Å². The number of benzene rings is 1. The van der Waals surface area contributed by atoms with Gasteiger partial charge < -0.3 is 20.1 Å². The van der Waals surface area contributed by atoms with Crippen LogP contribution in [0.15, 0.2) is 46.1 Å². The second kappa shape index (κ2) is 9.88. The fourth-order valence-electron chi connectivity index (χ4n) is 3.81. The van der Waals surface area contributed by atoms with Crippen LogP contribution in [0.1, 0.15) is 24.1 Å². The molecule has 4 rings (SSSR count). The summed E-state index contributed by atoms with van der Waals surface area (Å²) < 4.78 is 1.73. The summed E-state index contributed by atoms with van der Waals surface area (Å²) >= 11 is 0. The summed E-state index contributed by atoms with van der Waals surface area (Å²) in [5.74, 6) is 0.163. The lowest BCUT2D eigenvalue weighted by Gasteiger charge is -2.20. The number of fused-ring (bicyclic) bond motifs is 2. The van der Waals surface area contributed by atoms with E-state index < -0.39 is 17.4 Å². The Kier molecular flexibility index (Phi) is 6.76. The van der Waals surface area contributed by atoms with Gasteiger partial charge in [-0.3, -0.25) is 14.8 Å². The molecule has 0 spiro atoms. The normalized spacial score (nSPS) is 12.3. The first-order chi connectivity index (χ1) is 16.0. The number of aliphatic hydroxyl groups is 2. The Morgan fingerprint density at radius 1 is 1.18 bits per heavy atom. The van der Waals surface area contributed by atoms with Gasteiger partial charge in [-0.15, -0.1) is 0 Å². The zero-order valence-corrected chi connectivity index (χ0v) is 18.3. The molecule has 1 aromatic carbocycles. The van der Waals surface area contributed by atoms with Crippen LogP contribution in [-0.2, 0) is 13.0 Å². The molecule has 10 nitrogen and oxygen atoms in total. The van der Waals surface area contributed by atoms with Crippen LogP contribution in [0.5, 0.6) is 0 Å². The standard InChI is InChI=1S/C23H26N6O4/c1-14-12-18-19(13-17(14)25-9-5-15-4-2-3-8-24-15)29(10-6-16(31)7-11-30)21-20(26-18)22(32)28-23(33)27-21/h2-4,8,12-13,16,25,30-31H,5-7,9-11H2,1H3,(H,28,32,33)/t16-/m0/s1. The second-order valence-electron chi connectivity index (χ2n) is 7.92. The summed E-state index contributed by atoms with van der Waals surface area (Å²) in [6.07, 6.45) is 2.34. The number of aromatic amines is 1. The van der Waals surface area contributed by atoms with E-state index in [1.165, 1.54) is 0 Å². The van der Waals surface area contributed by atoms with Gasteiger partial charge in [0.25, 0.3) is 5.56 Å². The van der Waals surface area contributed by atoms with Crippen LogP contribution < -0.4 is 16.6 Å². The Balaban J connectivity index is 1.74. The molecule has 3 heterocycles. The van der Waals surface area contributed by atoms with Crippen molar-refractivity contribution in [3.8, 4) is 11.5 Å². The number of aryl methyl sites for hydroxylation is 2. The monoisotopic (exact) mass is 450 g/mol. The maximum atomic E-state index is 12.4. The van der Waals surface area contributed by atoms with Gasteiger partial charge in [0, 0.05) is 43.7 Å². The van der Waals surface area contributed by atoms with Crippen molar-refractivity contribution in [2.75, 3.05) is 18.5 Å². The van der Waals surface area contributed by atoms with Gasteiger partial charge in [-0.25, -0.2) is 9.78 Å². The molecule has 10 heteroatoms. The fraction of sp³-hybridized carbons (Fsp3) is 0.348. The van der Waals surface area contributed by atoms with Gasteiger partial charge >= 0.3 is 5.69 Å². The van der Waals surface area contributed by atoms with E-state index in [0.29, 0.717) is 30.5 Å². The van der Waals surface area contributed by atoms with E-state index in [4.69, 9.17) is 5.11 Å². The number of hydrogen-bond donors (Lipinski definition) is 4. The topological polar surface area (TPSA) is 146 Å². The predicted octanol–water partition coefficient (Wildman–Crippen LogP) is 1.08. The van der Waals surface area contributed by atoms with Crippen molar-refractivity contribution < 1.29 is 10.2 Å². The fourth-order valence-corrected chi connectivity index (χ4v) is 3.81. The molecule has 0 unspecified atom stereocenters. The van der Waals surface area contributed by atoms with Gasteiger partial charge in [-0.2, -0.15) is 4.98 Å². The van der Waals surface area contributed by atoms with Crippen LogP contribution in [0.25, 0.3) is 22.6 Å². The zero-order valence-electron chi connectivity index (χ0n) is 18.3. The van der Waals surface area contributed by atoms with Crippen LogP contribution in [0.2, 0.25) is 0 Å². The molecule has 0 fully saturated rings. The molecule has 2 aliphatic rings. The smallest absolute Gasteiger partial charge is 0.349 e. The lowest BCUT2D eigenvalue weighted by atomic mass is 10.1. The average molecular weight is 450 g/mol. The average Bonchev–Trinajstić information content (AvgIpc) is 2.79. The molecule has 0 bridgehead atoms. The first-order valence-corrected chi connectivity index (χ1v) is 10.8. The molecule has 2 aliphatic heterocycles. The summed E-state index contributed by atoms with van der Waals surface area (Å²) in [7, 11) is 0. The third-order valence-electron chi connectivity index (χ3n) is 5.53. The minimum Gasteiger partial charge on any atom is -0.396 e. The molecule has 0 aliphatic carbocycles. The molecule has 172 valence electrons. The van der Waals surface area contributed by atoms with E-state index in [1.807, 2.05) is 37.3 Å². The Bertz CT molecular complexity index is 1330. The SMILES string of the molecule is Cc1cc2nc3c(=O)[nH]c(=O)nc-3n(CC[C@H](O)CCO)c2cc1NCCc1ccccn1. The third kappa shape index (κ3) is 5.07. The number of rotatable bonds is 9. The molecular weight excluding hydrogens is 424 g/mol. The highest BCUT2D eigenvalue weighted by Gasteiger charge is 2.20. The lowest BCUT2D eigenvalue weighted by molar-refractivity contribution is 0.121. The number of anilines is 1. The summed E-state index contributed by atoms with van der Waals surface area (Å²) in [5.41, 5.74) is 2.79. The van der Waals surface area contributed by atoms with Crippen LogP contribution >= 0.6 is 0 Å². The quantitative estimate of drug-likeness (QED) is 0.277. The lowest BCUT2D eigenvalue weighted by Crippen LogP contribution is -2.29. The first kappa shape index (κ1) is 22.6. The first-order valence-electron chi connectivity index (χ1n) is 10.8. The molecular formula is C23H26N6O4. The van der Waals surface area contributed by atoms with Crippen molar-refractivity contribution in [2.24, 2.45) is 0 Å². The molecule has 0 saturated heterocycles. The second-order valence-corrected chi connectivity index (χ2v) is 7.92. The van der Waals surface area contributed by atoms with Gasteiger partial charge in [0.15, 0.2) is 11.5 Å². The van der Waals surface area contributed by atoms with Gasteiger partial charge in [-0.1, -0.05) is 6.07 Å². The van der Waals surface area contributed by atoms with Crippen molar-refractivity contribution in [1.29, 1.82) is 0 Å². The van der Waals surface area contributed by atoms with Gasteiger partial charge in [-0.05, 0) is 49.6 Å². The molecule has 1 aromatic heterocycles. The van der Waals surface area contributed by atoms with E-state index in [9.17, 15) is 14.7 Å². The summed E-state index contributed by atoms with van der Waals surface area (Å²) in [4.78, 5) is 39.3. The van der Waals surface area contributed by atoms with E-state index in [0.717, 1.165) is 23.4 Å². The Morgan fingerprint density at radius 2 is 2.03 bits per heavy atom. The summed E-state index contributed by atoms with van der Waals surface area (Å²) in [5, 5.41) is 22.6. The van der Waals surface area contributed by atoms with Crippen molar-refractivity contribution >= 4 is 16.7 Å². The number of pyridine rings is 1. The molecule has 2 aromatic rings. The number of aromatic nitrogens is 5. The number of hydrogen-bond acceptors (Lipinski definition) is 8. The van der Waals surface area contributed by atoms with E-state index in [-0.39, 0.29) is 24.5 Å². The van der Waals surface area contributed by atoms with Crippen molar-refractivity contribution in [3.63, 3.8) is 0 Å². The minimum atomic E-state index is -0.751. The molecule has 1 atom stereocenters. The molecule has 0 radical (unpaired) electrons. The minimum absolute atomic E-state index is 0.0639. The number of nitrogens with zero attached hydrogens (tertiary/aromatic N) is 4. The number of aliphatic hydroxyl groups excluding tert-OH is 2.